The molecule has 0 saturated carbocycles. The van der Waals surface area contributed by atoms with Crippen LogP contribution in [-0.4, -0.2) is 59.2 Å². The number of hydrogen-bond acceptors (Lipinski definition) is 8. The second kappa shape index (κ2) is 7.33. The minimum Gasteiger partial charge on any atom is -0.479 e. The molecular weight excluding hydrogens is 290 g/mol. The zero-order chi connectivity index (χ0) is 16.0. The van der Waals surface area contributed by atoms with Crippen molar-refractivity contribution in [2.24, 2.45) is 0 Å². The number of carbonyl (C=O) groups excluding carboxylic acids is 4. The molecule has 0 aromatic heterocycles. The highest BCUT2D eigenvalue weighted by Gasteiger charge is 2.32. The van der Waals surface area contributed by atoms with Gasteiger partial charge in [0.15, 0.2) is 6.10 Å². The predicted octanol–water partition coefficient (Wildman–Crippen LogP) is -1.37. The summed E-state index contributed by atoms with van der Waals surface area (Å²) in [5.74, 6) is -4.62. The van der Waals surface area contributed by atoms with Crippen LogP contribution in [0.15, 0.2) is 0 Å². The van der Waals surface area contributed by atoms with E-state index in [1.165, 1.54) is 0 Å². The van der Waals surface area contributed by atoms with E-state index >= 15 is 0 Å². The molecule has 1 unspecified atom stereocenters. The monoisotopic (exact) mass is 303 g/mol. The van der Waals surface area contributed by atoms with E-state index < -0.39 is 49.0 Å². The summed E-state index contributed by atoms with van der Waals surface area (Å²) in [6.07, 6.45) is -1.41. The minimum absolute atomic E-state index is 0.0353. The number of esters is 1. The van der Waals surface area contributed by atoms with Crippen LogP contribution in [0.3, 0.4) is 0 Å². The van der Waals surface area contributed by atoms with Crippen LogP contribution in [0.1, 0.15) is 19.8 Å². The van der Waals surface area contributed by atoms with Crippen molar-refractivity contribution in [3.05, 3.63) is 0 Å². The molecule has 1 heterocycles. The van der Waals surface area contributed by atoms with E-state index in [1.54, 1.807) is 0 Å². The van der Waals surface area contributed by atoms with Crippen LogP contribution in [0, 0.1) is 0 Å². The third-order valence-electron chi connectivity index (χ3n) is 2.29. The van der Waals surface area contributed by atoms with Crippen LogP contribution in [0.25, 0.3) is 0 Å². The lowest BCUT2D eigenvalue weighted by molar-refractivity contribution is -0.200. The van der Waals surface area contributed by atoms with E-state index in [-0.39, 0.29) is 12.8 Å². The Morgan fingerprint density at radius 2 is 1.67 bits per heavy atom. The van der Waals surface area contributed by atoms with Gasteiger partial charge in [-0.3, -0.25) is 9.59 Å². The first kappa shape index (κ1) is 16.6. The van der Waals surface area contributed by atoms with Gasteiger partial charge < -0.3 is 19.4 Å². The SMILES string of the molecule is CC(OC(=O)COCC(=O)ON1C(=O)CCC1=O)C(=O)O. The number of carboxylic acid groups (broad SMARTS) is 1. The van der Waals surface area contributed by atoms with Gasteiger partial charge in [-0.15, -0.1) is 5.06 Å². The third-order valence-corrected chi connectivity index (χ3v) is 2.29. The van der Waals surface area contributed by atoms with E-state index in [4.69, 9.17) is 5.11 Å². The number of hydrogen-bond donors (Lipinski definition) is 1. The molecule has 1 saturated heterocycles. The Labute approximate surface area is 118 Å². The molecule has 0 bridgehead atoms. The highest BCUT2D eigenvalue weighted by Crippen LogP contribution is 2.11. The molecular formula is C11H13NO9. The molecule has 10 nitrogen and oxygen atoms in total. The summed E-state index contributed by atoms with van der Waals surface area (Å²) in [7, 11) is 0. The summed E-state index contributed by atoms with van der Waals surface area (Å²) in [6, 6.07) is 0. The third kappa shape index (κ3) is 5.18. The van der Waals surface area contributed by atoms with Crippen LogP contribution in [0.2, 0.25) is 0 Å². The number of carboxylic acids is 1. The Hall–Kier alpha value is -2.49. The molecule has 0 radical (unpaired) electrons. The number of amides is 2. The van der Waals surface area contributed by atoms with Crippen LogP contribution in [-0.2, 0) is 38.3 Å². The molecule has 1 N–H and O–H groups in total. The summed E-state index contributed by atoms with van der Waals surface area (Å²) in [4.78, 5) is 59.5. The van der Waals surface area contributed by atoms with Crippen molar-refractivity contribution in [3.8, 4) is 0 Å². The van der Waals surface area contributed by atoms with E-state index in [1.807, 2.05) is 0 Å². The topological polar surface area (TPSA) is 137 Å². The van der Waals surface area contributed by atoms with Crippen molar-refractivity contribution in [1.82, 2.24) is 5.06 Å². The van der Waals surface area contributed by atoms with Crippen molar-refractivity contribution >= 4 is 29.7 Å². The molecule has 0 spiro atoms. The number of hydroxylamine groups is 2. The zero-order valence-electron chi connectivity index (χ0n) is 11.1. The standard InChI is InChI=1S/C11H13NO9/c1-6(11(17)18)20-9(15)4-19-5-10(16)21-12-7(13)2-3-8(12)14/h6H,2-5H2,1H3,(H,17,18). The first-order valence-corrected chi connectivity index (χ1v) is 5.88. The van der Waals surface area contributed by atoms with Crippen molar-refractivity contribution in [2.75, 3.05) is 13.2 Å². The lowest BCUT2D eigenvalue weighted by atomic mass is 10.4. The Balaban J connectivity index is 2.24. The number of carbonyl (C=O) groups is 5. The average molecular weight is 303 g/mol. The van der Waals surface area contributed by atoms with Crippen LogP contribution < -0.4 is 0 Å². The van der Waals surface area contributed by atoms with E-state index in [2.05, 4.69) is 14.3 Å². The summed E-state index contributed by atoms with van der Waals surface area (Å²) in [5.41, 5.74) is 0. The molecule has 1 fully saturated rings. The van der Waals surface area contributed by atoms with Crippen molar-refractivity contribution in [2.45, 2.75) is 25.9 Å². The highest BCUT2D eigenvalue weighted by molar-refractivity contribution is 6.01. The summed E-state index contributed by atoms with van der Waals surface area (Å²) >= 11 is 0. The Morgan fingerprint density at radius 3 is 2.19 bits per heavy atom. The van der Waals surface area contributed by atoms with Crippen molar-refractivity contribution in [1.29, 1.82) is 0 Å². The van der Waals surface area contributed by atoms with Gasteiger partial charge in [-0.05, 0) is 6.92 Å². The molecule has 116 valence electrons. The van der Waals surface area contributed by atoms with Gasteiger partial charge in [-0.1, -0.05) is 0 Å². The fraction of sp³-hybridized carbons (Fsp3) is 0.545. The van der Waals surface area contributed by atoms with Gasteiger partial charge in [-0.2, -0.15) is 0 Å². The number of rotatable bonds is 7. The highest BCUT2D eigenvalue weighted by atomic mass is 16.7. The predicted molar refractivity (Wildman–Crippen MR) is 61.2 cm³/mol. The fourth-order valence-corrected chi connectivity index (χ4v) is 1.29. The number of ether oxygens (including phenoxy) is 2. The van der Waals surface area contributed by atoms with Gasteiger partial charge in [0.1, 0.15) is 13.2 Å². The summed E-state index contributed by atoms with van der Waals surface area (Å²) in [5, 5.41) is 8.84. The molecule has 0 aromatic carbocycles. The first-order valence-electron chi connectivity index (χ1n) is 5.88. The van der Waals surface area contributed by atoms with Gasteiger partial charge >= 0.3 is 17.9 Å². The number of aliphatic carboxylic acids is 1. The zero-order valence-corrected chi connectivity index (χ0v) is 11.1. The Morgan fingerprint density at radius 1 is 1.14 bits per heavy atom. The molecule has 1 rings (SSSR count). The van der Waals surface area contributed by atoms with E-state index in [9.17, 15) is 24.0 Å². The van der Waals surface area contributed by atoms with Crippen LogP contribution in [0.5, 0.6) is 0 Å². The molecule has 1 atom stereocenters. The molecule has 0 aromatic rings. The maximum absolute atomic E-state index is 11.3. The lowest BCUT2D eigenvalue weighted by Crippen LogP contribution is -2.34. The van der Waals surface area contributed by atoms with Crippen LogP contribution >= 0.6 is 0 Å². The molecule has 2 amide bonds. The quantitative estimate of drug-likeness (QED) is 0.446. The summed E-state index contributed by atoms with van der Waals surface area (Å²) in [6.45, 7) is -0.221. The normalized spacial score (nSPS) is 15.8. The van der Waals surface area contributed by atoms with Gasteiger partial charge in [-0.25, -0.2) is 14.4 Å². The Bertz CT molecular complexity index is 456. The minimum atomic E-state index is -1.34. The van der Waals surface area contributed by atoms with Crippen molar-refractivity contribution < 1.29 is 43.4 Å². The molecule has 10 heteroatoms. The molecule has 0 aliphatic carbocycles. The first-order chi connectivity index (χ1) is 9.81. The smallest absolute Gasteiger partial charge is 0.358 e. The fourth-order valence-electron chi connectivity index (χ4n) is 1.29. The lowest BCUT2D eigenvalue weighted by Gasteiger charge is -2.12. The second-order valence-corrected chi connectivity index (χ2v) is 4.01. The average Bonchev–Trinajstić information content (AvgIpc) is 2.70. The van der Waals surface area contributed by atoms with Crippen molar-refractivity contribution in [3.63, 3.8) is 0 Å². The number of imide groups is 1. The van der Waals surface area contributed by atoms with Gasteiger partial charge in [0, 0.05) is 12.8 Å². The molecule has 1 aliphatic heterocycles. The van der Waals surface area contributed by atoms with Gasteiger partial charge in [0.25, 0.3) is 11.8 Å². The largest absolute Gasteiger partial charge is 0.479 e. The second-order valence-electron chi connectivity index (χ2n) is 4.01. The maximum Gasteiger partial charge on any atom is 0.358 e. The van der Waals surface area contributed by atoms with E-state index in [0.717, 1.165) is 6.92 Å². The van der Waals surface area contributed by atoms with Gasteiger partial charge in [0.2, 0.25) is 0 Å². The van der Waals surface area contributed by atoms with Gasteiger partial charge in [0.05, 0.1) is 0 Å². The van der Waals surface area contributed by atoms with Crippen LogP contribution in [0.4, 0.5) is 0 Å². The molecule has 1 aliphatic rings. The molecule has 21 heavy (non-hydrogen) atoms. The maximum atomic E-state index is 11.3. The number of nitrogens with zero attached hydrogens (tertiary/aromatic N) is 1. The Kier molecular flexibility index (Phi) is 5.79. The summed E-state index contributed by atoms with van der Waals surface area (Å²) < 4.78 is 9.05. The van der Waals surface area contributed by atoms with E-state index in [0.29, 0.717) is 5.06 Å².